The van der Waals surface area contributed by atoms with Gasteiger partial charge in [0, 0.05) is 12.6 Å². The van der Waals surface area contributed by atoms with Gasteiger partial charge in [-0.2, -0.15) is 0 Å². The smallest absolute Gasteiger partial charge is 0.218 e. The van der Waals surface area contributed by atoms with Gasteiger partial charge in [-0.3, -0.25) is 0 Å². The summed E-state index contributed by atoms with van der Waals surface area (Å²) in [6, 6.07) is 1.62. The van der Waals surface area contributed by atoms with Crippen molar-refractivity contribution < 1.29 is 4.74 Å². The molecule has 0 bridgehead atoms. The van der Waals surface area contributed by atoms with Crippen molar-refractivity contribution in [1.29, 1.82) is 0 Å². The first kappa shape index (κ1) is 11.5. The maximum absolute atomic E-state index is 5.68. The number of ether oxygens (including phenoxy) is 1. The molecule has 14 heavy (non-hydrogen) atoms. The largest absolute Gasteiger partial charge is 0.473 e. The molecule has 0 unspecified atom stereocenters. The van der Waals surface area contributed by atoms with Crippen LogP contribution in [0.15, 0.2) is 12.4 Å². The summed E-state index contributed by atoms with van der Waals surface area (Å²) in [5.41, 5.74) is 0. The summed E-state index contributed by atoms with van der Waals surface area (Å²) in [7, 11) is 0. The van der Waals surface area contributed by atoms with Gasteiger partial charge in [0.1, 0.15) is 17.6 Å². The number of aromatic nitrogens is 2. The van der Waals surface area contributed by atoms with Crippen molar-refractivity contribution in [2.45, 2.75) is 12.5 Å². The average molecular weight is 236 g/mol. The first-order valence-corrected chi connectivity index (χ1v) is 4.57. The van der Waals surface area contributed by atoms with Crippen LogP contribution in [-0.4, -0.2) is 29.2 Å². The molecule has 0 amide bonds. The molecule has 2 heterocycles. The zero-order chi connectivity index (χ0) is 9.10. The highest BCUT2D eigenvalue weighted by Crippen LogP contribution is 2.14. The predicted molar refractivity (Wildman–Crippen MR) is 56.2 cm³/mol. The molecule has 0 aromatic carbocycles. The number of halogens is 2. The Balaban J connectivity index is 0.000000980. The first-order valence-electron chi connectivity index (χ1n) is 4.19. The number of rotatable bonds is 2. The Morgan fingerprint density at radius 3 is 3.00 bits per heavy atom. The molecule has 2 rings (SSSR count). The summed E-state index contributed by atoms with van der Waals surface area (Å²) < 4.78 is 5.56. The van der Waals surface area contributed by atoms with Crippen molar-refractivity contribution in [3.63, 3.8) is 0 Å². The van der Waals surface area contributed by atoms with E-state index in [1.54, 1.807) is 6.07 Å². The van der Waals surface area contributed by atoms with Crippen LogP contribution in [0, 0.1) is 0 Å². The average Bonchev–Trinajstić information content (AvgIpc) is 2.57. The van der Waals surface area contributed by atoms with Gasteiger partial charge in [0.15, 0.2) is 0 Å². The fraction of sp³-hybridized carbons (Fsp3) is 0.500. The number of nitrogens with one attached hydrogen (secondary N) is 1. The van der Waals surface area contributed by atoms with Crippen LogP contribution in [0.2, 0.25) is 5.15 Å². The Labute approximate surface area is 93.4 Å². The number of hydrogen-bond donors (Lipinski definition) is 1. The monoisotopic (exact) mass is 235 g/mol. The van der Waals surface area contributed by atoms with Crippen LogP contribution in [0.1, 0.15) is 6.42 Å². The lowest BCUT2D eigenvalue weighted by atomic mass is 10.3. The lowest BCUT2D eigenvalue weighted by Gasteiger charge is -2.10. The molecule has 0 saturated carbocycles. The van der Waals surface area contributed by atoms with E-state index in [2.05, 4.69) is 15.3 Å². The normalized spacial score (nSPS) is 20.2. The van der Waals surface area contributed by atoms with E-state index in [9.17, 15) is 0 Å². The molecule has 6 heteroatoms. The Bertz CT molecular complexity index is 292. The van der Waals surface area contributed by atoms with Crippen molar-refractivity contribution in [3.8, 4) is 5.88 Å². The summed E-state index contributed by atoms with van der Waals surface area (Å²) in [6.07, 6.45) is 2.63. The lowest BCUT2D eigenvalue weighted by molar-refractivity contribution is 0.213. The zero-order valence-electron chi connectivity index (χ0n) is 7.44. The molecule has 78 valence electrons. The van der Waals surface area contributed by atoms with Crippen LogP contribution in [0.25, 0.3) is 0 Å². The fourth-order valence-electron chi connectivity index (χ4n) is 1.28. The Hall–Kier alpha value is -0.580. The van der Waals surface area contributed by atoms with Gasteiger partial charge >= 0.3 is 0 Å². The molecular weight excluding hydrogens is 225 g/mol. The molecular formula is C8H11Cl2N3O. The molecule has 1 aliphatic heterocycles. The van der Waals surface area contributed by atoms with Crippen LogP contribution in [0.5, 0.6) is 5.88 Å². The molecule has 4 nitrogen and oxygen atoms in total. The van der Waals surface area contributed by atoms with Gasteiger partial charge in [0.25, 0.3) is 0 Å². The molecule has 1 atom stereocenters. The third-order valence-corrected chi connectivity index (χ3v) is 2.12. The summed E-state index contributed by atoms with van der Waals surface area (Å²) in [6.45, 7) is 1.88. The van der Waals surface area contributed by atoms with Gasteiger partial charge in [-0.05, 0) is 13.0 Å². The zero-order valence-corrected chi connectivity index (χ0v) is 9.01. The van der Waals surface area contributed by atoms with Crippen LogP contribution in [0.3, 0.4) is 0 Å². The van der Waals surface area contributed by atoms with E-state index in [4.69, 9.17) is 16.3 Å². The second kappa shape index (κ2) is 5.34. The Kier molecular flexibility index (Phi) is 4.38. The van der Waals surface area contributed by atoms with Crippen molar-refractivity contribution in [3.05, 3.63) is 17.5 Å². The topological polar surface area (TPSA) is 47.0 Å². The molecule has 0 spiro atoms. The van der Waals surface area contributed by atoms with E-state index < -0.39 is 0 Å². The molecule has 1 aromatic heterocycles. The third-order valence-electron chi connectivity index (χ3n) is 1.91. The molecule has 0 aliphatic carbocycles. The SMILES string of the molecule is Cl.Clc1cc(O[C@@H]2CCNC2)ncn1. The van der Waals surface area contributed by atoms with Crippen molar-refractivity contribution in [2.75, 3.05) is 13.1 Å². The predicted octanol–water partition coefficient (Wildman–Crippen LogP) is 1.29. The fourth-order valence-corrected chi connectivity index (χ4v) is 1.42. The summed E-state index contributed by atoms with van der Waals surface area (Å²) in [4.78, 5) is 7.73. The molecule has 1 aromatic rings. The van der Waals surface area contributed by atoms with Crippen LogP contribution < -0.4 is 10.1 Å². The lowest BCUT2D eigenvalue weighted by Crippen LogP contribution is -2.20. The number of hydrogen-bond acceptors (Lipinski definition) is 4. The quantitative estimate of drug-likeness (QED) is 0.786. The highest BCUT2D eigenvalue weighted by molar-refractivity contribution is 6.29. The molecule has 0 radical (unpaired) electrons. The highest BCUT2D eigenvalue weighted by Gasteiger charge is 2.16. The minimum Gasteiger partial charge on any atom is -0.473 e. The molecule has 1 fully saturated rings. The highest BCUT2D eigenvalue weighted by atomic mass is 35.5. The van der Waals surface area contributed by atoms with Crippen molar-refractivity contribution in [2.24, 2.45) is 0 Å². The summed E-state index contributed by atoms with van der Waals surface area (Å²) in [5, 5.41) is 3.62. The van der Waals surface area contributed by atoms with E-state index in [0.717, 1.165) is 19.5 Å². The maximum atomic E-state index is 5.68. The molecule has 1 saturated heterocycles. The van der Waals surface area contributed by atoms with Crippen molar-refractivity contribution >= 4 is 24.0 Å². The summed E-state index contributed by atoms with van der Waals surface area (Å²) in [5.74, 6) is 0.550. The minimum atomic E-state index is 0. The van der Waals surface area contributed by atoms with Gasteiger partial charge in [-0.25, -0.2) is 9.97 Å². The Morgan fingerprint density at radius 2 is 2.36 bits per heavy atom. The Morgan fingerprint density at radius 1 is 1.50 bits per heavy atom. The van der Waals surface area contributed by atoms with Crippen LogP contribution in [0.4, 0.5) is 0 Å². The van der Waals surface area contributed by atoms with E-state index in [1.165, 1.54) is 6.33 Å². The molecule has 1 aliphatic rings. The van der Waals surface area contributed by atoms with E-state index in [1.807, 2.05) is 0 Å². The van der Waals surface area contributed by atoms with Gasteiger partial charge in [0.2, 0.25) is 5.88 Å². The minimum absolute atomic E-state index is 0. The standard InChI is InChI=1S/C8H10ClN3O.ClH/c9-7-3-8(12-5-11-7)13-6-1-2-10-4-6;/h3,5-6,10H,1-2,4H2;1H/t6-;/m1./s1. The van der Waals surface area contributed by atoms with Crippen molar-refractivity contribution in [1.82, 2.24) is 15.3 Å². The third kappa shape index (κ3) is 2.97. The maximum Gasteiger partial charge on any atom is 0.218 e. The van der Waals surface area contributed by atoms with Gasteiger partial charge in [-0.15, -0.1) is 12.4 Å². The first-order chi connectivity index (χ1) is 6.34. The number of nitrogens with zero attached hydrogens (tertiary/aromatic N) is 2. The second-order valence-corrected chi connectivity index (χ2v) is 3.30. The van der Waals surface area contributed by atoms with Gasteiger partial charge in [-0.1, -0.05) is 11.6 Å². The summed E-state index contributed by atoms with van der Waals surface area (Å²) >= 11 is 5.68. The van der Waals surface area contributed by atoms with Crippen LogP contribution >= 0.6 is 24.0 Å². The van der Waals surface area contributed by atoms with E-state index in [-0.39, 0.29) is 18.5 Å². The van der Waals surface area contributed by atoms with E-state index in [0.29, 0.717) is 11.0 Å². The molecule has 1 N–H and O–H groups in total. The van der Waals surface area contributed by atoms with E-state index >= 15 is 0 Å². The van der Waals surface area contributed by atoms with Crippen LogP contribution in [-0.2, 0) is 0 Å². The van der Waals surface area contributed by atoms with Gasteiger partial charge in [0.05, 0.1) is 0 Å². The van der Waals surface area contributed by atoms with Gasteiger partial charge < -0.3 is 10.1 Å². The second-order valence-electron chi connectivity index (χ2n) is 2.91.